The molecule has 1 fully saturated rings. The number of hydrogen-bond donors (Lipinski definition) is 6. The van der Waals surface area contributed by atoms with Gasteiger partial charge in [0.25, 0.3) is 0 Å². The van der Waals surface area contributed by atoms with E-state index in [-0.39, 0.29) is 23.7 Å². The normalized spacial score (nSPS) is 27.5. The summed E-state index contributed by atoms with van der Waals surface area (Å²) in [6.45, 7) is 3.34. The predicted molar refractivity (Wildman–Crippen MR) is 209 cm³/mol. The number of anilines is 2. The van der Waals surface area contributed by atoms with Gasteiger partial charge in [-0.05, 0) is 59.9 Å². The van der Waals surface area contributed by atoms with Gasteiger partial charge in [0.15, 0.2) is 16.1 Å². The first-order valence-electron chi connectivity index (χ1n) is 18.7. The molecule has 56 heavy (non-hydrogen) atoms. The second kappa shape index (κ2) is 18.3. The van der Waals surface area contributed by atoms with E-state index in [1.807, 2.05) is 38.9 Å². The second-order valence-electron chi connectivity index (χ2n) is 14.7. The fraction of sp³-hybridized carbons (Fsp3) is 0.513. The lowest BCUT2D eigenvalue weighted by Crippen LogP contribution is -2.63. The molecule has 308 valence electrons. The average molecular weight is 820 g/mol. The molecule has 0 radical (unpaired) electrons. The lowest BCUT2D eigenvalue weighted by atomic mass is 9.69. The van der Waals surface area contributed by atoms with Crippen LogP contribution in [0.15, 0.2) is 77.7 Å². The van der Waals surface area contributed by atoms with E-state index in [9.17, 15) is 36.9 Å². The van der Waals surface area contributed by atoms with E-state index in [2.05, 4.69) is 14.8 Å². The Hall–Kier alpha value is -3.65. The first kappa shape index (κ1) is 43.5. The quantitative estimate of drug-likeness (QED) is 0.120. The Morgan fingerprint density at radius 1 is 1.00 bits per heavy atom. The number of sulfone groups is 1. The molecule has 3 aromatic rings. The Morgan fingerprint density at radius 3 is 2.39 bits per heavy atom. The van der Waals surface area contributed by atoms with Gasteiger partial charge < -0.3 is 40.3 Å². The number of aliphatic hydroxyl groups excluding tert-OH is 3. The van der Waals surface area contributed by atoms with Gasteiger partial charge in [-0.1, -0.05) is 69.2 Å². The number of ether oxygens (including phenoxy) is 2. The number of amides is 2. The highest BCUT2D eigenvalue weighted by Crippen LogP contribution is 2.49. The highest BCUT2D eigenvalue weighted by Gasteiger charge is 2.49. The molecule has 2 aliphatic heterocycles. The monoisotopic (exact) mass is 819 g/mol. The number of carbonyl (C=O) groups excluding carboxylic acids is 1. The van der Waals surface area contributed by atoms with Gasteiger partial charge in [-0.3, -0.25) is 4.55 Å². The second-order valence-corrected chi connectivity index (χ2v) is 17.8. The molecule has 15 nitrogen and oxygen atoms in total. The van der Waals surface area contributed by atoms with Crippen LogP contribution in [-0.4, -0.2) is 106 Å². The van der Waals surface area contributed by atoms with Crippen molar-refractivity contribution in [3.63, 3.8) is 0 Å². The molecule has 8 atom stereocenters. The van der Waals surface area contributed by atoms with Crippen molar-refractivity contribution in [2.24, 2.45) is 5.41 Å². The van der Waals surface area contributed by atoms with Crippen molar-refractivity contribution >= 4 is 37.6 Å². The highest BCUT2D eigenvalue weighted by atomic mass is 32.3. The number of unbranched alkanes of at least 4 members (excludes halogenated alkanes) is 1. The van der Waals surface area contributed by atoms with E-state index in [1.54, 1.807) is 66.7 Å². The summed E-state index contributed by atoms with van der Waals surface area (Å²) >= 11 is 0. The molecule has 17 heteroatoms. The number of nitrogens with zero attached hydrogens (tertiary/aromatic N) is 1. The third-order valence-electron chi connectivity index (χ3n) is 10.7. The molecule has 0 spiro atoms. The van der Waals surface area contributed by atoms with Gasteiger partial charge in [-0.2, -0.15) is 8.42 Å². The molecule has 0 bridgehead atoms. The van der Waals surface area contributed by atoms with Gasteiger partial charge in [0, 0.05) is 43.2 Å². The molecule has 5 rings (SSSR count). The third kappa shape index (κ3) is 10.3. The van der Waals surface area contributed by atoms with Crippen molar-refractivity contribution in [1.29, 1.82) is 0 Å². The lowest BCUT2D eigenvalue weighted by Gasteiger charge is -2.42. The van der Waals surface area contributed by atoms with Gasteiger partial charge in [0.1, 0.15) is 18.3 Å². The van der Waals surface area contributed by atoms with Crippen LogP contribution in [0.3, 0.4) is 0 Å². The maximum atomic E-state index is 14.1. The zero-order chi connectivity index (χ0) is 40.8. The minimum Gasteiger partial charge on any atom is -0.392 e. The number of rotatable bonds is 15. The molecule has 0 aliphatic carbocycles. The number of hydrogen-bond acceptors (Lipinski definition) is 12. The lowest BCUT2D eigenvalue weighted by molar-refractivity contribution is -0.243. The van der Waals surface area contributed by atoms with Crippen molar-refractivity contribution < 1.29 is 55.2 Å². The summed E-state index contributed by atoms with van der Waals surface area (Å²) in [6, 6.07) is 20.1. The Balaban J connectivity index is 1.42. The zero-order valence-corrected chi connectivity index (χ0v) is 33.6. The highest BCUT2D eigenvalue weighted by molar-refractivity contribution is 7.91. The molecule has 0 unspecified atom stereocenters. The first-order chi connectivity index (χ1) is 26.5. The average Bonchev–Trinajstić information content (AvgIpc) is 3.22. The number of fused-ring (bicyclic) bond motifs is 1. The van der Waals surface area contributed by atoms with Crippen molar-refractivity contribution in [2.45, 2.75) is 100 Å². The SMILES string of the molecule is CCCC[C@]1(CC)CS(=O)(=O)c2ccc(N(C)C)cc2[C@@H](c2cccc(NC(=O)N[C@@H]3O[C@H](CCOS(=O)(=O)O)[C@@H](O)[C@H](OCc4ccccc4)[C@H]3O)c2)[C@H]1O. The van der Waals surface area contributed by atoms with Crippen LogP contribution in [-0.2, 0) is 40.5 Å². The topological polar surface area (TPSA) is 221 Å². The molecule has 2 amide bonds. The van der Waals surface area contributed by atoms with E-state index in [1.165, 1.54) is 0 Å². The predicted octanol–water partition coefficient (Wildman–Crippen LogP) is 3.98. The Bertz CT molecular complexity index is 2020. The third-order valence-corrected chi connectivity index (χ3v) is 13.2. The van der Waals surface area contributed by atoms with E-state index >= 15 is 0 Å². The molecule has 2 heterocycles. The summed E-state index contributed by atoms with van der Waals surface area (Å²) < 4.78 is 75.5. The molecule has 1 saturated heterocycles. The number of carbonyl (C=O) groups is 1. The Morgan fingerprint density at radius 2 is 1.73 bits per heavy atom. The van der Waals surface area contributed by atoms with Gasteiger partial charge in [0.05, 0.1) is 36.1 Å². The fourth-order valence-electron chi connectivity index (χ4n) is 7.64. The maximum Gasteiger partial charge on any atom is 0.397 e. The number of nitrogens with one attached hydrogen (secondary N) is 2. The largest absolute Gasteiger partial charge is 0.397 e. The summed E-state index contributed by atoms with van der Waals surface area (Å²) in [5.41, 5.74) is 1.88. The number of benzene rings is 3. The zero-order valence-electron chi connectivity index (χ0n) is 31.9. The molecule has 0 aromatic heterocycles. The van der Waals surface area contributed by atoms with Gasteiger partial charge in [-0.25, -0.2) is 17.4 Å². The Labute approximate surface area is 328 Å². The van der Waals surface area contributed by atoms with Crippen LogP contribution in [0, 0.1) is 5.41 Å². The standard InChI is InChI=1S/C39H53N3O12S2/c1-5-7-19-39(6-2)24-55(47,48)31-17-16-28(42(3)4)22-29(31)32(36(39)45)26-14-11-15-27(21-26)40-38(46)41-37-34(44)35(52-23-25-12-9-8-10-13-25)33(43)30(54-37)18-20-53-56(49,50)51/h8-17,21-22,30,32-37,43-45H,5-7,18-20,23-24H2,1-4H3,(H2,40,41,46)(H,49,50,51)/t30-,32-,33-,34-,35+,36-,37-,39-/m1/s1. The summed E-state index contributed by atoms with van der Waals surface area (Å²) in [4.78, 5) is 15.5. The Kier molecular flexibility index (Phi) is 14.2. The summed E-state index contributed by atoms with van der Waals surface area (Å²) in [5, 5.41) is 40.0. The van der Waals surface area contributed by atoms with Gasteiger partial charge in [-0.15, -0.1) is 0 Å². The minimum absolute atomic E-state index is 0.00911. The van der Waals surface area contributed by atoms with Crippen molar-refractivity contribution in [3.05, 3.63) is 89.5 Å². The molecular weight excluding hydrogens is 767 g/mol. The van der Waals surface area contributed by atoms with Crippen LogP contribution in [0.2, 0.25) is 0 Å². The van der Waals surface area contributed by atoms with Crippen LogP contribution in [0.1, 0.15) is 68.6 Å². The van der Waals surface area contributed by atoms with Crippen LogP contribution in [0.25, 0.3) is 0 Å². The van der Waals surface area contributed by atoms with Crippen molar-refractivity contribution in [2.75, 3.05) is 36.7 Å². The number of aliphatic hydroxyl groups is 3. The van der Waals surface area contributed by atoms with E-state index in [0.717, 1.165) is 24.1 Å². The van der Waals surface area contributed by atoms with Gasteiger partial charge in [0.2, 0.25) is 0 Å². The maximum absolute atomic E-state index is 14.1. The molecular formula is C39H53N3O12S2. The summed E-state index contributed by atoms with van der Waals surface area (Å²) in [6.07, 6.45) is -5.87. The van der Waals surface area contributed by atoms with Crippen LogP contribution in [0.5, 0.6) is 0 Å². The molecule has 6 N–H and O–H groups in total. The van der Waals surface area contributed by atoms with E-state index in [4.69, 9.17) is 14.0 Å². The first-order valence-corrected chi connectivity index (χ1v) is 21.7. The minimum atomic E-state index is -4.78. The van der Waals surface area contributed by atoms with E-state index < -0.39 is 81.0 Å². The van der Waals surface area contributed by atoms with Crippen LogP contribution >= 0.6 is 0 Å². The molecule has 3 aromatic carbocycles. The van der Waals surface area contributed by atoms with Crippen molar-refractivity contribution in [3.8, 4) is 0 Å². The van der Waals surface area contributed by atoms with E-state index in [0.29, 0.717) is 29.7 Å². The van der Waals surface area contributed by atoms with Crippen LogP contribution in [0.4, 0.5) is 16.2 Å². The fourth-order valence-corrected chi connectivity index (χ4v) is 10.2. The smallest absolute Gasteiger partial charge is 0.392 e. The molecule has 2 aliphatic rings. The summed E-state index contributed by atoms with van der Waals surface area (Å²) in [7, 11) is -4.91. The van der Waals surface area contributed by atoms with Crippen molar-refractivity contribution in [1.82, 2.24) is 5.32 Å². The summed E-state index contributed by atoms with van der Waals surface area (Å²) in [5.74, 6) is -0.984. The van der Waals surface area contributed by atoms with Gasteiger partial charge >= 0.3 is 16.4 Å². The molecule has 0 saturated carbocycles. The number of urea groups is 1. The van der Waals surface area contributed by atoms with Crippen LogP contribution < -0.4 is 15.5 Å².